The fraction of sp³-hybridized carbons (Fsp3) is 0. The Balaban J connectivity index is 1.11. The van der Waals surface area contributed by atoms with Gasteiger partial charge in [0, 0.05) is 58.7 Å². The minimum absolute atomic E-state index is 0.711. The minimum atomic E-state index is 0.711. The third kappa shape index (κ3) is 5.65. The second kappa shape index (κ2) is 14.0. The predicted octanol–water partition coefficient (Wildman–Crippen LogP) is 15.4. The van der Waals surface area contributed by atoms with Crippen LogP contribution < -0.4 is 0 Å². The van der Waals surface area contributed by atoms with Crippen LogP contribution in [0.15, 0.2) is 212 Å². The molecule has 0 unspecified atom stereocenters. The van der Waals surface area contributed by atoms with Crippen LogP contribution in [-0.2, 0) is 0 Å². The highest BCUT2D eigenvalue weighted by molar-refractivity contribution is 7.27. The first-order valence-electron chi connectivity index (χ1n) is 20.3. The van der Waals surface area contributed by atoms with E-state index in [4.69, 9.17) is 9.97 Å². The third-order valence-electron chi connectivity index (χ3n) is 11.8. The Bertz CT molecular complexity index is 3500. The molecule has 9 aromatic carbocycles. The van der Waals surface area contributed by atoms with Crippen molar-refractivity contribution in [2.75, 3.05) is 0 Å². The third-order valence-corrected chi connectivity index (χ3v) is 13.0. The molecule has 3 nitrogen and oxygen atoms in total. The normalized spacial score (nSPS) is 11.7. The summed E-state index contributed by atoms with van der Waals surface area (Å²) in [5.74, 6) is 0.711. The van der Waals surface area contributed by atoms with E-state index in [0.29, 0.717) is 5.82 Å². The van der Waals surface area contributed by atoms with E-state index in [1.807, 2.05) is 35.6 Å². The number of fused-ring (bicyclic) bond motifs is 10. The van der Waals surface area contributed by atoms with Gasteiger partial charge in [0.25, 0.3) is 0 Å². The van der Waals surface area contributed by atoms with Crippen LogP contribution in [0.25, 0.3) is 115 Å². The lowest BCUT2D eigenvalue weighted by Crippen LogP contribution is -1.97. The molecule has 0 N–H and O–H groups in total. The average molecular weight is 782 g/mol. The van der Waals surface area contributed by atoms with Crippen molar-refractivity contribution in [2.45, 2.75) is 0 Å². The van der Waals surface area contributed by atoms with E-state index in [2.05, 4.69) is 193 Å². The molecule has 0 spiro atoms. The molecule has 0 bridgehead atoms. The Morgan fingerprint density at radius 1 is 0.350 bits per heavy atom. The van der Waals surface area contributed by atoms with Gasteiger partial charge in [-0.05, 0) is 70.1 Å². The van der Waals surface area contributed by atoms with Crippen LogP contribution in [0.4, 0.5) is 0 Å². The second-order valence-corrected chi connectivity index (χ2v) is 16.4. The number of thiophene rings is 1. The van der Waals surface area contributed by atoms with Crippen molar-refractivity contribution in [1.82, 2.24) is 14.5 Å². The van der Waals surface area contributed by atoms with Crippen molar-refractivity contribution in [1.29, 1.82) is 0 Å². The lowest BCUT2D eigenvalue weighted by Gasteiger charge is -2.13. The molecule has 3 heterocycles. The molecule has 280 valence electrons. The first kappa shape index (κ1) is 34.4. The smallest absolute Gasteiger partial charge is 0.160 e. The zero-order valence-electron chi connectivity index (χ0n) is 32.5. The standard InChI is InChI=1S/C56H35N3S/c1-5-15-36(16-6-1)41-27-31-50-46(33-41)53-54(45-24-14-13-23-44(45)52-47-34-42(37-17-7-2-8-18-37)28-32-51(47)60-55(52)53)59(50)43-29-25-39(26-30-43)49-35-48(38-19-9-3-10-20-38)57-56(58-49)40-21-11-4-12-22-40/h1-35H. The fourth-order valence-corrected chi connectivity index (χ4v) is 10.2. The molecule has 0 radical (unpaired) electrons. The van der Waals surface area contributed by atoms with Crippen molar-refractivity contribution < 1.29 is 0 Å². The van der Waals surface area contributed by atoms with Gasteiger partial charge in [-0.25, -0.2) is 9.97 Å². The summed E-state index contributed by atoms with van der Waals surface area (Å²) < 4.78 is 5.09. The fourth-order valence-electron chi connectivity index (χ4n) is 8.96. The summed E-state index contributed by atoms with van der Waals surface area (Å²) in [5, 5.41) is 7.66. The quantitative estimate of drug-likeness (QED) is 0.168. The zero-order chi connectivity index (χ0) is 39.6. The number of aromatic nitrogens is 3. The molecule has 0 aliphatic rings. The van der Waals surface area contributed by atoms with Gasteiger partial charge in [-0.1, -0.05) is 170 Å². The van der Waals surface area contributed by atoms with Gasteiger partial charge in [0.2, 0.25) is 0 Å². The molecule has 0 amide bonds. The zero-order valence-corrected chi connectivity index (χ0v) is 33.3. The summed E-state index contributed by atoms with van der Waals surface area (Å²) >= 11 is 1.91. The predicted molar refractivity (Wildman–Crippen MR) is 254 cm³/mol. The largest absolute Gasteiger partial charge is 0.309 e. The molecular formula is C56H35N3S. The SMILES string of the molecule is c1ccc(-c2ccc3sc4c(c3c2)c2ccccc2c2c4c3cc(-c4ccccc4)ccc3n2-c2ccc(-c3cc(-c4ccccc4)nc(-c4ccccc4)n3)cc2)cc1. The van der Waals surface area contributed by atoms with Gasteiger partial charge in [-0.2, -0.15) is 0 Å². The van der Waals surface area contributed by atoms with Gasteiger partial charge in [0.1, 0.15) is 0 Å². The summed E-state index contributed by atoms with van der Waals surface area (Å²) in [5.41, 5.74) is 13.2. The molecule has 12 rings (SSSR count). The molecule has 60 heavy (non-hydrogen) atoms. The van der Waals surface area contributed by atoms with Crippen LogP contribution in [0.2, 0.25) is 0 Å². The van der Waals surface area contributed by atoms with Crippen molar-refractivity contribution >= 4 is 64.1 Å². The molecule has 4 heteroatoms. The molecule has 0 saturated heterocycles. The van der Waals surface area contributed by atoms with Crippen LogP contribution in [-0.4, -0.2) is 14.5 Å². The molecule has 0 saturated carbocycles. The average Bonchev–Trinajstić information content (AvgIpc) is 3.89. The Hall–Kier alpha value is -7.66. The van der Waals surface area contributed by atoms with Gasteiger partial charge in [-0.15, -0.1) is 11.3 Å². The van der Waals surface area contributed by atoms with Gasteiger partial charge in [0.05, 0.1) is 22.4 Å². The van der Waals surface area contributed by atoms with Gasteiger partial charge >= 0.3 is 0 Å². The minimum Gasteiger partial charge on any atom is -0.309 e. The molecule has 0 aliphatic heterocycles. The first-order valence-corrected chi connectivity index (χ1v) is 21.1. The van der Waals surface area contributed by atoms with E-state index >= 15 is 0 Å². The van der Waals surface area contributed by atoms with Gasteiger partial charge < -0.3 is 4.57 Å². The molecule has 12 aromatic rings. The maximum atomic E-state index is 5.13. The number of nitrogens with zero attached hydrogens (tertiary/aromatic N) is 3. The van der Waals surface area contributed by atoms with Crippen molar-refractivity contribution in [3.8, 4) is 61.8 Å². The van der Waals surface area contributed by atoms with Crippen LogP contribution in [0.1, 0.15) is 0 Å². The van der Waals surface area contributed by atoms with Crippen molar-refractivity contribution in [2.24, 2.45) is 0 Å². The summed E-state index contributed by atoms with van der Waals surface area (Å²) in [4.78, 5) is 10.2. The van der Waals surface area contributed by atoms with E-state index < -0.39 is 0 Å². The van der Waals surface area contributed by atoms with Crippen LogP contribution in [0.5, 0.6) is 0 Å². The summed E-state index contributed by atoms with van der Waals surface area (Å²) in [6.45, 7) is 0. The molecular weight excluding hydrogens is 747 g/mol. The summed E-state index contributed by atoms with van der Waals surface area (Å²) in [6.07, 6.45) is 0. The van der Waals surface area contributed by atoms with Crippen LogP contribution in [0.3, 0.4) is 0 Å². The van der Waals surface area contributed by atoms with Crippen molar-refractivity contribution in [3.63, 3.8) is 0 Å². The highest BCUT2D eigenvalue weighted by Crippen LogP contribution is 2.49. The Kier molecular flexibility index (Phi) is 8.03. The van der Waals surface area contributed by atoms with E-state index in [9.17, 15) is 0 Å². The Morgan fingerprint density at radius 2 is 0.850 bits per heavy atom. The molecule has 0 aliphatic carbocycles. The van der Waals surface area contributed by atoms with Crippen LogP contribution in [0, 0.1) is 0 Å². The first-order chi connectivity index (χ1) is 29.7. The molecule has 0 atom stereocenters. The van der Waals surface area contributed by atoms with E-state index in [1.165, 1.54) is 75.0 Å². The van der Waals surface area contributed by atoms with E-state index in [1.54, 1.807) is 0 Å². The maximum Gasteiger partial charge on any atom is 0.160 e. The lowest BCUT2D eigenvalue weighted by atomic mass is 9.97. The number of rotatable bonds is 6. The maximum absolute atomic E-state index is 5.13. The van der Waals surface area contributed by atoms with Gasteiger partial charge in [0.15, 0.2) is 5.82 Å². The monoisotopic (exact) mass is 781 g/mol. The van der Waals surface area contributed by atoms with Crippen LogP contribution >= 0.6 is 11.3 Å². The summed E-state index contributed by atoms with van der Waals surface area (Å²) in [7, 11) is 0. The molecule has 3 aromatic heterocycles. The highest BCUT2D eigenvalue weighted by Gasteiger charge is 2.23. The van der Waals surface area contributed by atoms with E-state index in [0.717, 1.165) is 33.8 Å². The van der Waals surface area contributed by atoms with Gasteiger partial charge in [-0.3, -0.25) is 0 Å². The number of benzene rings is 9. The topological polar surface area (TPSA) is 30.7 Å². The Morgan fingerprint density at radius 3 is 1.48 bits per heavy atom. The highest BCUT2D eigenvalue weighted by atomic mass is 32.1. The lowest BCUT2D eigenvalue weighted by molar-refractivity contribution is 1.17. The second-order valence-electron chi connectivity index (χ2n) is 15.3. The Labute approximate surface area is 351 Å². The van der Waals surface area contributed by atoms with E-state index in [-0.39, 0.29) is 0 Å². The summed E-state index contributed by atoms with van der Waals surface area (Å²) in [6, 6.07) is 76.0. The number of hydrogen-bond donors (Lipinski definition) is 0. The number of hydrogen-bond acceptors (Lipinski definition) is 3. The molecule has 0 fully saturated rings. The van der Waals surface area contributed by atoms with Crippen molar-refractivity contribution in [3.05, 3.63) is 212 Å².